The highest BCUT2D eigenvalue weighted by Gasteiger charge is 2.15. The maximum Gasteiger partial charge on any atom is 0.321 e. The van der Waals surface area contributed by atoms with Crippen LogP contribution in [0.25, 0.3) is 0 Å². The first kappa shape index (κ1) is 21.2. The molecule has 138 valence electrons. The molecule has 9 heteroatoms. The second-order valence-electron chi connectivity index (χ2n) is 5.65. The Morgan fingerprint density at radius 1 is 1.12 bits per heavy atom. The van der Waals surface area contributed by atoms with Gasteiger partial charge in [0.1, 0.15) is 0 Å². The summed E-state index contributed by atoms with van der Waals surface area (Å²) in [6, 6.07) is 4.30. The van der Waals surface area contributed by atoms with Crippen molar-refractivity contribution in [2.24, 2.45) is 0 Å². The highest BCUT2D eigenvalue weighted by Crippen LogP contribution is 2.29. The fourth-order valence-corrected chi connectivity index (χ4v) is 2.36. The van der Waals surface area contributed by atoms with Crippen molar-refractivity contribution >= 4 is 46.7 Å². The molecular weight excluding hydrogens is 367 g/mol. The van der Waals surface area contributed by atoms with Crippen LogP contribution in [0.1, 0.15) is 20.3 Å². The number of benzene rings is 1. The second kappa shape index (κ2) is 10.2. The smallest absolute Gasteiger partial charge is 0.321 e. The van der Waals surface area contributed by atoms with Crippen LogP contribution in [-0.2, 0) is 9.59 Å². The van der Waals surface area contributed by atoms with Gasteiger partial charge >= 0.3 is 6.03 Å². The highest BCUT2D eigenvalue weighted by molar-refractivity contribution is 6.39. The molecule has 0 radical (unpaired) electrons. The van der Waals surface area contributed by atoms with Crippen LogP contribution in [0.4, 0.5) is 10.5 Å². The third-order valence-electron chi connectivity index (χ3n) is 3.30. The van der Waals surface area contributed by atoms with Crippen molar-refractivity contribution in [2.75, 3.05) is 25.5 Å². The Morgan fingerprint density at radius 2 is 1.68 bits per heavy atom. The standard InChI is InChI=1S/C16H22Cl2N4O3/c1-4-10(2)19-16(25)21-14(24)9-22(3)8-13(23)20-15-11(17)6-5-7-12(15)18/h5-7,10H,4,8-9H2,1-3H3,(H,20,23)(H2,19,21,24,25)/t10-/m1/s1. The van der Waals surface area contributed by atoms with E-state index >= 15 is 0 Å². The molecule has 0 fully saturated rings. The summed E-state index contributed by atoms with van der Waals surface area (Å²) in [5.41, 5.74) is 0.321. The van der Waals surface area contributed by atoms with Gasteiger partial charge in [-0.25, -0.2) is 4.79 Å². The first-order chi connectivity index (χ1) is 11.7. The highest BCUT2D eigenvalue weighted by atomic mass is 35.5. The Labute approximate surface area is 157 Å². The topological polar surface area (TPSA) is 90.5 Å². The lowest BCUT2D eigenvalue weighted by molar-refractivity contribution is -0.122. The van der Waals surface area contributed by atoms with Crippen LogP contribution in [0.3, 0.4) is 0 Å². The molecule has 1 atom stereocenters. The minimum Gasteiger partial charge on any atom is -0.335 e. The average Bonchev–Trinajstić information content (AvgIpc) is 2.50. The van der Waals surface area contributed by atoms with Crippen molar-refractivity contribution < 1.29 is 14.4 Å². The Kier molecular flexibility index (Phi) is 8.68. The first-order valence-electron chi connectivity index (χ1n) is 7.75. The van der Waals surface area contributed by atoms with Crippen molar-refractivity contribution in [3.05, 3.63) is 28.2 Å². The molecule has 1 aromatic carbocycles. The summed E-state index contributed by atoms with van der Waals surface area (Å²) in [6.07, 6.45) is 0.756. The molecule has 0 aromatic heterocycles. The molecular formula is C16H22Cl2N4O3. The van der Waals surface area contributed by atoms with Crippen molar-refractivity contribution in [1.82, 2.24) is 15.5 Å². The summed E-state index contributed by atoms with van der Waals surface area (Å²) in [5, 5.41) is 8.08. The Hall–Kier alpha value is -1.83. The van der Waals surface area contributed by atoms with Crippen LogP contribution in [-0.4, -0.2) is 48.9 Å². The van der Waals surface area contributed by atoms with Gasteiger partial charge in [0.25, 0.3) is 0 Å². The third-order valence-corrected chi connectivity index (χ3v) is 3.93. The largest absolute Gasteiger partial charge is 0.335 e. The summed E-state index contributed by atoms with van der Waals surface area (Å²) >= 11 is 12.0. The quantitative estimate of drug-likeness (QED) is 0.668. The molecule has 25 heavy (non-hydrogen) atoms. The molecule has 0 saturated carbocycles. The molecule has 0 aliphatic heterocycles. The molecule has 0 unspecified atom stereocenters. The molecule has 0 saturated heterocycles. The second-order valence-corrected chi connectivity index (χ2v) is 6.46. The van der Waals surface area contributed by atoms with Gasteiger partial charge in [-0.1, -0.05) is 36.2 Å². The van der Waals surface area contributed by atoms with E-state index in [2.05, 4.69) is 16.0 Å². The van der Waals surface area contributed by atoms with Gasteiger partial charge in [0.05, 0.1) is 28.8 Å². The van der Waals surface area contributed by atoms with Crippen LogP contribution < -0.4 is 16.0 Å². The van der Waals surface area contributed by atoms with Gasteiger partial charge in [-0.2, -0.15) is 0 Å². The van der Waals surface area contributed by atoms with E-state index in [9.17, 15) is 14.4 Å². The number of anilines is 1. The van der Waals surface area contributed by atoms with Gasteiger partial charge in [0.2, 0.25) is 11.8 Å². The summed E-state index contributed by atoms with van der Waals surface area (Å²) in [6.45, 7) is 3.57. The van der Waals surface area contributed by atoms with E-state index in [1.165, 1.54) is 4.90 Å². The van der Waals surface area contributed by atoms with Gasteiger partial charge in [-0.3, -0.25) is 19.8 Å². The molecule has 0 spiro atoms. The minimum absolute atomic E-state index is 0.0309. The molecule has 1 aromatic rings. The van der Waals surface area contributed by atoms with Gasteiger partial charge in [-0.05, 0) is 32.5 Å². The zero-order chi connectivity index (χ0) is 19.0. The summed E-state index contributed by atoms with van der Waals surface area (Å²) < 4.78 is 0. The van der Waals surface area contributed by atoms with E-state index in [1.54, 1.807) is 25.2 Å². The van der Waals surface area contributed by atoms with Gasteiger partial charge in [0, 0.05) is 6.04 Å². The minimum atomic E-state index is -0.556. The Morgan fingerprint density at radius 3 is 2.24 bits per heavy atom. The van der Waals surface area contributed by atoms with Crippen molar-refractivity contribution in [3.63, 3.8) is 0 Å². The Balaban J connectivity index is 2.45. The number of hydrogen-bond acceptors (Lipinski definition) is 4. The molecule has 0 aliphatic carbocycles. The number of carbonyl (C=O) groups excluding carboxylic acids is 3. The number of para-hydroxylation sites is 1. The number of likely N-dealkylation sites (N-methyl/N-ethyl adjacent to an activating group) is 1. The van der Waals surface area contributed by atoms with Gasteiger partial charge < -0.3 is 10.6 Å². The van der Waals surface area contributed by atoms with E-state index in [0.717, 1.165) is 6.42 Å². The summed E-state index contributed by atoms with van der Waals surface area (Å²) in [5.74, 6) is -0.888. The van der Waals surface area contributed by atoms with Crippen LogP contribution in [0.15, 0.2) is 18.2 Å². The zero-order valence-electron chi connectivity index (χ0n) is 14.4. The fraction of sp³-hybridized carbons (Fsp3) is 0.438. The molecule has 1 rings (SSSR count). The van der Waals surface area contributed by atoms with E-state index in [-0.39, 0.29) is 25.0 Å². The number of halogens is 2. The maximum atomic E-state index is 12.0. The van der Waals surface area contributed by atoms with Gasteiger partial charge in [0.15, 0.2) is 0 Å². The lowest BCUT2D eigenvalue weighted by atomic mass is 10.3. The summed E-state index contributed by atoms with van der Waals surface area (Å²) in [7, 11) is 1.58. The van der Waals surface area contributed by atoms with E-state index < -0.39 is 11.9 Å². The normalized spacial score (nSPS) is 11.8. The molecule has 4 amide bonds. The number of amides is 4. The number of nitrogens with one attached hydrogen (secondary N) is 3. The number of urea groups is 1. The van der Waals surface area contributed by atoms with Crippen LogP contribution in [0.5, 0.6) is 0 Å². The van der Waals surface area contributed by atoms with Crippen LogP contribution in [0.2, 0.25) is 10.0 Å². The lowest BCUT2D eigenvalue weighted by Gasteiger charge is -2.17. The fourth-order valence-electron chi connectivity index (χ4n) is 1.87. The van der Waals surface area contributed by atoms with Crippen LogP contribution >= 0.6 is 23.2 Å². The van der Waals surface area contributed by atoms with Crippen molar-refractivity contribution in [1.29, 1.82) is 0 Å². The molecule has 7 nitrogen and oxygen atoms in total. The molecule has 0 heterocycles. The van der Waals surface area contributed by atoms with E-state index in [4.69, 9.17) is 23.2 Å². The average molecular weight is 389 g/mol. The molecule has 0 aliphatic rings. The SMILES string of the molecule is CC[C@@H](C)NC(=O)NC(=O)CN(C)CC(=O)Nc1c(Cl)cccc1Cl. The molecule has 3 N–H and O–H groups in total. The van der Waals surface area contributed by atoms with E-state index in [0.29, 0.717) is 15.7 Å². The zero-order valence-corrected chi connectivity index (χ0v) is 15.9. The predicted molar refractivity (Wildman–Crippen MR) is 99.0 cm³/mol. The number of imide groups is 1. The number of nitrogens with zero attached hydrogens (tertiary/aromatic N) is 1. The summed E-state index contributed by atoms with van der Waals surface area (Å²) in [4.78, 5) is 36.9. The first-order valence-corrected chi connectivity index (χ1v) is 8.51. The number of hydrogen-bond donors (Lipinski definition) is 3. The number of rotatable bonds is 7. The van der Waals surface area contributed by atoms with Gasteiger partial charge in [-0.15, -0.1) is 0 Å². The third kappa shape index (κ3) is 7.72. The van der Waals surface area contributed by atoms with Crippen molar-refractivity contribution in [3.8, 4) is 0 Å². The molecule has 0 bridgehead atoms. The Bertz CT molecular complexity index is 620. The predicted octanol–water partition coefficient (Wildman–Crippen LogP) is 2.49. The maximum absolute atomic E-state index is 12.0. The number of carbonyl (C=O) groups is 3. The lowest BCUT2D eigenvalue weighted by Crippen LogP contribution is -2.47. The van der Waals surface area contributed by atoms with E-state index in [1.807, 2.05) is 13.8 Å². The monoisotopic (exact) mass is 388 g/mol. The van der Waals surface area contributed by atoms with Crippen molar-refractivity contribution in [2.45, 2.75) is 26.3 Å². The van der Waals surface area contributed by atoms with Crippen LogP contribution in [0, 0.1) is 0 Å².